The van der Waals surface area contributed by atoms with Gasteiger partial charge < -0.3 is 0 Å². The van der Waals surface area contributed by atoms with Crippen LogP contribution in [0.15, 0.2) is 12.2 Å². The summed E-state index contributed by atoms with van der Waals surface area (Å²) in [5.74, 6) is 2.19. The zero-order chi connectivity index (χ0) is 5.90. The van der Waals surface area contributed by atoms with Crippen LogP contribution in [0.2, 0.25) is 0 Å². The SMILES string of the molecule is C1=CC2C(CC1)C21CC1. The van der Waals surface area contributed by atoms with E-state index in [4.69, 9.17) is 0 Å². The van der Waals surface area contributed by atoms with E-state index in [1.807, 2.05) is 0 Å². The molecule has 9 heavy (non-hydrogen) atoms. The van der Waals surface area contributed by atoms with E-state index in [-0.39, 0.29) is 0 Å². The molecule has 2 unspecified atom stereocenters. The highest BCUT2D eigenvalue weighted by atomic mass is 14.7. The van der Waals surface area contributed by atoms with Crippen molar-refractivity contribution in [2.45, 2.75) is 25.7 Å². The molecular weight excluding hydrogens is 108 g/mol. The highest BCUT2D eigenvalue weighted by molar-refractivity contribution is 5.27. The van der Waals surface area contributed by atoms with Crippen molar-refractivity contribution in [3.63, 3.8) is 0 Å². The molecule has 0 aromatic rings. The van der Waals surface area contributed by atoms with Crippen molar-refractivity contribution in [2.24, 2.45) is 17.3 Å². The number of allylic oxidation sites excluding steroid dienone is 2. The lowest BCUT2D eigenvalue weighted by Crippen LogP contribution is -1.83. The van der Waals surface area contributed by atoms with Gasteiger partial charge in [0, 0.05) is 0 Å². The monoisotopic (exact) mass is 120 g/mol. The van der Waals surface area contributed by atoms with Gasteiger partial charge in [0.15, 0.2) is 0 Å². The van der Waals surface area contributed by atoms with Crippen LogP contribution < -0.4 is 0 Å². The maximum atomic E-state index is 2.47. The fraction of sp³-hybridized carbons (Fsp3) is 0.778. The van der Waals surface area contributed by atoms with Crippen molar-refractivity contribution in [3.05, 3.63) is 12.2 Å². The Kier molecular flexibility index (Phi) is 0.564. The molecule has 48 valence electrons. The van der Waals surface area contributed by atoms with Gasteiger partial charge in [-0.2, -0.15) is 0 Å². The molecule has 0 heterocycles. The smallest absolute Gasteiger partial charge is 0.0140 e. The zero-order valence-electron chi connectivity index (χ0n) is 5.64. The summed E-state index contributed by atoms with van der Waals surface area (Å²) in [5, 5.41) is 0. The van der Waals surface area contributed by atoms with Crippen molar-refractivity contribution in [1.29, 1.82) is 0 Å². The van der Waals surface area contributed by atoms with Crippen LogP contribution in [-0.4, -0.2) is 0 Å². The molecule has 0 amide bonds. The molecule has 1 spiro atoms. The van der Waals surface area contributed by atoms with Gasteiger partial charge in [0.05, 0.1) is 0 Å². The molecule has 3 aliphatic rings. The van der Waals surface area contributed by atoms with E-state index in [0.717, 1.165) is 17.3 Å². The van der Waals surface area contributed by atoms with Crippen LogP contribution in [0.1, 0.15) is 25.7 Å². The molecule has 0 aromatic heterocycles. The molecule has 0 radical (unpaired) electrons. The molecule has 0 aromatic carbocycles. The van der Waals surface area contributed by atoms with Crippen molar-refractivity contribution >= 4 is 0 Å². The molecule has 2 saturated carbocycles. The Bertz CT molecular complexity index is 174. The van der Waals surface area contributed by atoms with E-state index in [1.54, 1.807) is 12.8 Å². The minimum absolute atomic E-state index is 0.910. The molecule has 3 aliphatic carbocycles. The van der Waals surface area contributed by atoms with Crippen LogP contribution in [-0.2, 0) is 0 Å². The highest BCUT2D eigenvalue weighted by Gasteiger charge is 2.69. The lowest BCUT2D eigenvalue weighted by atomic mass is 10.1. The lowest BCUT2D eigenvalue weighted by Gasteiger charge is -1.96. The molecule has 2 fully saturated rings. The molecule has 3 rings (SSSR count). The normalized spacial score (nSPS) is 48.9. The van der Waals surface area contributed by atoms with E-state index < -0.39 is 0 Å². The van der Waals surface area contributed by atoms with Gasteiger partial charge in [0.1, 0.15) is 0 Å². The first-order chi connectivity index (χ1) is 4.43. The van der Waals surface area contributed by atoms with E-state index in [2.05, 4.69) is 12.2 Å². The third-order valence-corrected chi connectivity index (χ3v) is 3.54. The van der Waals surface area contributed by atoms with Crippen LogP contribution in [0.3, 0.4) is 0 Å². The predicted octanol–water partition coefficient (Wildman–Crippen LogP) is 2.36. The molecule has 2 atom stereocenters. The topological polar surface area (TPSA) is 0 Å². The molecule has 0 bridgehead atoms. The summed E-state index contributed by atoms with van der Waals surface area (Å²) in [5.41, 5.74) is 0.910. The maximum Gasteiger partial charge on any atom is -0.0140 e. The molecule has 0 heteroatoms. The fourth-order valence-corrected chi connectivity index (χ4v) is 2.77. The Morgan fingerprint density at radius 1 is 1.33 bits per heavy atom. The predicted molar refractivity (Wildman–Crippen MR) is 37.0 cm³/mol. The third kappa shape index (κ3) is 0.385. The van der Waals surface area contributed by atoms with Crippen molar-refractivity contribution in [1.82, 2.24) is 0 Å². The van der Waals surface area contributed by atoms with Crippen molar-refractivity contribution in [3.8, 4) is 0 Å². The van der Waals surface area contributed by atoms with E-state index in [0.29, 0.717) is 0 Å². The summed E-state index contributed by atoms with van der Waals surface area (Å²) in [6.07, 6.45) is 10.8. The molecule has 0 saturated heterocycles. The van der Waals surface area contributed by atoms with Gasteiger partial charge in [0.2, 0.25) is 0 Å². The second kappa shape index (κ2) is 1.12. The second-order valence-corrected chi connectivity index (χ2v) is 3.87. The number of hydrogen-bond donors (Lipinski definition) is 0. The minimum atomic E-state index is 0.910. The third-order valence-electron chi connectivity index (χ3n) is 3.54. The number of fused-ring (bicyclic) bond motifs is 3. The summed E-state index contributed by atoms with van der Waals surface area (Å²) in [6, 6.07) is 0. The van der Waals surface area contributed by atoms with Gasteiger partial charge in [-0.15, -0.1) is 0 Å². The van der Waals surface area contributed by atoms with Gasteiger partial charge in [-0.05, 0) is 42.9 Å². The molecule has 0 nitrogen and oxygen atoms in total. The Morgan fingerprint density at radius 3 is 2.78 bits per heavy atom. The maximum absolute atomic E-state index is 2.47. The van der Waals surface area contributed by atoms with Crippen molar-refractivity contribution in [2.75, 3.05) is 0 Å². The summed E-state index contributed by atoms with van der Waals surface area (Å²) >= 11 is 0. The number of hydrogen-bond acceptors (Lipinski definition) is 0. The van der Waals surface area contributed by atoms with Crippen LogP contribution in [0.4, 0.5) is 0 Å². The van der Waals surface area contributed by atoms with E-state index in [9.17, 15) is 0 Å². The fourth-order valence-electron chi connectivity index (χ4n) is 2.77. The zero-order valence-corrected chi connectivity index (χ0v) is 5.64. The highest BCUT2D eigenvalue weighted by Crippen LogP contribution is 2.77. The van der Waals surface area contributed by atoms with Gasteiger partial charge in [-0.1, -0.05) is 12.2 Å². The first-order valence-corrected chi connectivity index (χ1v) is 4.10. The summed E-state index contributed by atoms with van der Waals surface area (Å²) in [6.45, 7) is 0. The Morgan fingerprint density at radius 2 is 2.22 bits per heavy atom. The van der Waals surface area contributed by atoms with E-state index >= 15 is 0 Å². The van der Waals surface area contributed by atoms with Gasteiger partial charge in [0.25, 0.3) is 0 Å². The van der Waals surface area contributed by atoms with Gasteiger partial charge in [-0.25, -0.2) is 0 Å². The van der Waals surface area contributed by atoms with E-state index in [1.165, 1.54) is 12.8 Å². The largest absolute Gasteiger partial charge is 0.0882 e. The first kappa shape index (κ1) is 4.54. The average molecular weight is 120 g/mol. The number of rotatable bonds is 0. The summed E-state index contributed by atoms with van der Waals surface area (Å²) in [7, 11) is 0. The van der Waals surface area contributed by atoms with Crippen LogP contribution in [0, 0.1) is 17.3 Å². The van der Waals surface area contributed by atoms with Crippen LogP contribution >= 0.6 is 0 Å². The average Bonchev–Trinajstić information content (AvgIpc) is 2.77. The summed E-state index contributed by atoms with van der Waals surface area (Å²) in [4.78, 5) is 0. The Balaban J connectivity index is 1.95. The lowest BCUT2D eigenvalue weighted by molar-refractivity contribution is 0.642. The molecular formula is C9H12. The van der Waals surface area contributed by atoms with Crippen LogP contribution in [0.25, 0.3) is 0 Å². The quantitative estimate of drug-likeness (QED) is 0.430. The first-order valence-electron chi connectivity index (χ1n) is 4.10. The minimum Gasteiger partial charge on any atom is -0.0882 e. The van der Waals surface area contributed by atoms with Gasteiger partial charge >= 0.3 is 0 Å². The summed E-state index contributed by atoms with van der Waals surface area (Å²) < 4.78 is 0. The second-order valence-electron chi connectivity index (χ2n) is 3.87. The van der Waals surface area contributed by atoms with Crippen molar-refractivity contribution < 1.29 is 0 Å². The van der Waals surface area contributed by atoms with Gasteiger partial charge in [-0.3, -0.25) is 0 Å². The standard InChI is InChI=1S/C9H12/c1-2-4-8-7(3-1)9(8)5-6-9/h1,3,7-8H,2,4-6H2. The Hall–Kier alpha value is -0.260. The molecule has 0 aliphatic heterocycles. The Labute approximate surface area is 56.0 Å². The molecule has 0 N–H and O–H groups in total. The van der Waals surface area contributed by atoms with Crippen LogP contribution in [0.5, 0.6) is 0 Å².